The van der Waals surface area contributed by atoms with Crippen molar-refractivity contribution in [2.24, 2.45) is 0 Å². The zero-order valence-corrected chi connectivity index (χ0v) is 20.2. The van der Waals surface area contributed by atoms with Crippen LogP contribution in [0.4, 0.5) is 5.82 Å². The third kappa shape index (κ3) is 7.04. The number of nitrogens with zero attached hydrogens (tertiary/aromatic N) is 4. The molecule has 0 saturated carbocycles. The Hall–Kier alpha value is -2.44. The quantitative estimate of drug-likeness (QED) is 0.262. The number of aromatic nitrogens is 3. The molecule has 0 unspecified atom stereocenters. The molecule has 0 radical (unpaired) electrons. The van der Waals surface area contributed by atoms with Crippen LogP contribution in [0.5, 0.6) is 6.01 Å². The molecule has 2 rings (SSSR count). The van der Waals surface area contributed by atoms with Crippen LogP contribution in [0.25, 0.3) is 11.0 Å². The van der Waals surface area contributed by atoms with E-state index in [9.17, 15) is 10.1 Å². The molecule has 0 bridgehead atoms. The number of aldehydes is 1. The summed E-state index contributed by atoms with van der Waals surface area (Å²) in [6, 6.07) is 3.57. The molecule has 2 heterocycles. The normalized spacial score (nSPS) is 11.6. The second-order valence-electron chi connectivity index (χ2n) is 8.92. The summed E-state index contributed by atoms with van der Waals surface area (Å²) in [6.45, 7) is 10.3. The van der Waals surface area contributed by atoms with Crippen LogP contribution >= 0.6 is 0 Å². The summed E-state index contributed by atoms with van der Waals surface area (Å²) in [5, 5.41) is 9.93. The molecule has 2 N–H and O–H groups in total. The molecule has 170 valence electrons. The maximum atomic E-state index is 10.7. The van der Waals surface area contributed by atoms with Crippen molar-refractivity contribution in [2.75, 3.05) is 18.9 Å². The maximum absolute atomic E-state index is 10.7. The van der Waals surface area contributed by atoms with Crippen molar-refractivity contribution in [3.8, 4) is 12.1 Å². The number of hydrogen-bond acceptors (Lipinski definition) is 7. The summed E-state index contributed by atoms with van der Waals surface area (Å²) in [7, 11) is -1.22. The Labute approximate surface area is 185 Å². The molecule has 0 saturated heterocycles. The number of ether oxygens (including phenoxy) is 2. The fourth-order valence-electron chi connectivity index (χ4n) is 3.24. The van der Waals surface area contributed by atoms with Crippen LogP contribution in [-0.2, 0) is 22.7 Å². The Morgan fingerprint density at radius 1 is 1.19 bits per heavy atom. The lowest BCUT2D eigenvalue weighted by molar-refractivity contribution is -0.107. The number of carbonyl (C=O) groups excluding carboxylic acids is 1. The number of nitriles is 1. The second-order valence-corrected chi connectivity index (χ2v) is 14.5. The second kappa shape index (κ2) is 11.8. The van der Waals surface area contributed by atoms with E-state index in [1.807, 2.05) is 0 Å². The minimum Gasteiger partial charge on any atom is -0.463 e. The minimum atomic E-state index is -1.22. The average Bonchev–Trinajstić information content (AvgIpc) is 3.01. The average molecular weight is 446 g/mol. The predicted octanol–water partition coefficient (Wildman–Crippen LogP) is 4.29. The molecule has 31 heavy (non-hydrogen) atoms. The molecule has 0 aliphatic rings. The van der Waals surface area contributed by atoms with Gasteiger partial charge in [0.25, 0.3) is 0 Å². The SMILES string of the molecule is CCCCOc1nc(N)c2c(n1)c(CCCCC=O)c(C#N)n2COCC[Si](C)(C)C. The highest BCUT2D eigenvalue weighted by molar-refractivity contribution is 6.76. The molecule has 0 atom stereocenters. The van der Waals surface area contributed by atoms with E-state index in [1.165, 1.54) is 0 Å². The van der Waals surface area contributed by atoms with Gasteiger partial charge in [-0.05, 0) is 31.7 Å². The highest BCUT2D eigenvalue weighted by atomic mass is 28.3. The van der Waals surface area contributed by atoms with E-state index in [0.29, 0.717) is 42.8 Å². The Balaban J connectivity index is 2.40. The van der Waals surface area contributed by atoms with Gasteiger partial charge in [0.1, 0.15) is 35.8 Å². The largest absolute Gasteiger partial charge is 0.463 e. The van der Waals surface area contributed by atoms with Gasteiger partial charge in [0.15, 0.2) is 5.82 Å². The van der Waals surface area contributed by atoms with Gasteiger partial charge in [-0.15, -0.1) is 0 Å². The summed E-state index contributed by atoms with van der Waals surface area (Å²) in [4.78, 5) is 19.6. The molecule has 0 aliphatic heterocycles. The van der Waals surface area contributed by atoms with E-state index in [-0.39, 0.29) is 18.6 Å². The van der Waals surface area contributed by atoms with Gasteiger partial charge in [0, 0.05) is 26.7 Å². The number of nitrogens with two attached hydrogens (primary N) is 1. The van der Waals surface area contributed by atoms with E-state index in [0.717, 1.165) is 43.6 Å². The number of hydrogen-bond donors (Lipinski definition) is 1. The fraction of sp³-hybridized carbons (Fsp3) is 0.636. The molecule has 0 fully saturated rings. The maximum Gasteiger partial charge on any atom is 0.319 e. The van der Waals surface area contributed by atoms with Gasteiger partial charge in [0.2, 0.25) is 0 Å². The van der Waals surface area contributed by atoms with Crippen molar-refractivity contribution < 1.29 is 14.3 Å². The van der Waals surface area contributed by atoms with Crippen LogP contribution in [0.1, 0.15) is 50.3 Å². The van der Waals surface area contributed by atoms with Gasteiger partial charge in [0.05, 0.1) is 6.61 Å². The van der Waals surface area contributed by atoms with Crippen LogP contribution < -0.4 is 10.5 Å². The molecular weight excluding hydrogens is 410 g/mol. The van der Waals surface area contributed by atoms with Crippen molar-refractivity contribution in [1.29, 1.82) is 5.26 Å². The number of nitrogen functional groups attached to an aromatic ring is 1. The van der Waals surface area contributed by atoms with Gasteiger partial charge in [-0.3, -0.25) is 0 Å². The van der Waals surface area contributed by atoms with Crippen molar-refractivity contribution in [2.45, 2.75) is 77.9 Å². The van der Waals surface area contributed by atoms with Gasteiger partial charge in [-0.2, -0.15) is 15.2 Å². The molecule has 2 aromatic heterocycles. The van der Waals surface area contributed by atoms with E-state index >= 15 is 0 Å². The summed E-state index contributed by atoms with van der Waals surface area (Å²) >= 11 is 0. The molecule has 8 nitrogen and oxygen atoms in total. The van der Waals surface area contributed by atoms with Gasteiger partial charge in [-0.1, -0.05) is 33.0 Å². The van der Waals surface area contributed by atoms with Crippen molar-refractivity contribution in [1.82, 2.24) is 14.5 Å². The van der Waals surface area contributed by atoms with E-state index < -0.39 is 8.07 Å². The monoisotopic (exact) mass is 445 g/mol. The fourth-order valence-corrected chi connectivity index (χ4v) is 4.00. The molecule has 0 spiro atoms. The third-order valence-corrected chi connectivity index (χ3v) is 6.76. The topological polar surface area (TPSA) is 116 Å². The first-order valence-corrected chi connectivity index (χ1v) is 14.8. The zero-order chi connectivity index (χ0) is 22.9. The lowest BCUT2D eigenvalue weighted by Gasteiger charge is -2.16. The first kappa shape index (κ1) is 24.8. The molecule has 0 aromatic carbocycles. The van der Waals surface area contributed by atoms with Crippen molar-refractivity contribution in [3.63, 3.8) is 0 Å². The summed E-state index contributed by atoms with van der Waals surface area (Å²) in [5.74, 6) is 0.279. The summed E-state index contributed by atoms with van der Waals surface area (Å²) in [6.07, 6.45) is 5.48. The molecule has 2 aromatic rings. The number of unbranched alkanes of at least 4 members (excludes halogenated alkanes) is 3. The number of fused-ring (bicyclic) bond motifs is 1. The lowest BCUT2D eigenvalue weighted by Crippen LogP contribution is -2.22. The third-order valence-electron chi connectivity index (χ3n) is 5.05. The number of rotatable bonds is 14. The van der Waals surface area contributed by atoms with E-state index in [1.54, 1.807) is 4.57 Å². The van der Waals surface area contributed by atoms with Gasteiger partial charge >= 0.3 is 6.01 Å². The van der Waals surface area contributed by atoms with Crippen LogP contribution in [0.2, 0.25) is 25.7 Å². The van der Waals surface area contributed by atoms with Gasteiger partial charge in [-0.25, -0.2) is 0 Å². The van der Waals surface area contributed by atoms with Crippen molar-refractivity contribution >= 4 is 31.2 Å². The highest BCUT2D eigenvalue weighted by Gasteiger charge is 2.22. The smallest absolute Gasteiger partial charge is 0.319 e. The number of carbonyl (C=O) groups is 1. The van der Waals surface area contributed by atoms with E-state index in [2.05, 4.69) is 42.6 Å². The van der Waals surface area contributed by atoms with Crippen LogP contribution in [0.3, 0.4) is 0 Å². The zero-order valence-electron chi connectivity index (χ0n) is 19.2. The Kier molecular flexibility index (Phi) is 9.46. The highest BCUT2D eigenvalue weighted by Crippen LogP contribution is 2.31. The van der Waals surface area contributed by atoms with Crippen LogP contribution in [0, 0.1) is 11.3 Å². The number of anilines is 1. The number of aryl methyl sites for hydroxylation is 1. The van der Waals surface area contributed by atoms with Crippen molar-refractivity contribution in [3.05, 3.63) is 11.3 Å². The minimum absolute atomic E-state index is 0.224. The molecule has 0 amide bonds. The van der Waals surface area contributed by atoms with E-state index in [4.69, 9.17) is 15.2 Å². The predicted molar refractivity (Wildman–Crippen MR) is 125 cm³/mol. The lowest BCUT2D eigenvalue weighted by atomic mass is 10.1. The van der Waals surface area contributed by atoms with Gasteiger partial charge < -0.3 is 24.6 Å². The Bertz CT molecular complexity index is 915. The summed E-state index contributed by atoms with van der Waals surface area (Å²) < 4.78 is 13.4. The first-order chi connectivity index (χ1) is 14.8. The standard InChI is InChI=1S/C22H35N5O3Si/c1-5-6-12-30-22-25-19-17(10-8-7-9-11-28)18(15-23)27(20(19)21(24)26-22)16-29-13-14-31(2,3)4/h11H,5-10,12-14,16H2,1-4H3,(H2,24,25,26). The molecule has 9 heteroatoms. The van der Waals surface area contributed by atoms with Crippen LogP contribution in [0.15, 0.2) is 0 Å². The first-order valence-electron chi connectivity index (χ1n) is 11.0. The molecular formula is C22H35N5O3Si. The van der Waals surface area contributed by atoms with Crippen LogP contribution in [-0.4, -0.2) is 42.1 Å². The summed E-state index contributed by atoms with van der Waals surface area (Å²) in [5.41, 5.74) is 8.83. The Morgan fingerprint density at radius 3 is 2.61 bits per heavy atom. The molecule has 0 aliphatic carbocycles. The Morgan fingerprint density at radius 2 is 1.97 bits per heavy atom.